The van der Waals surface area contributed by atoms with Crippen LogP contribution in [0.2, 0.25) is 5.02 Å². The monoisotopic (exact) mass is 199 g/mol. The molecule has 0 bridgehead atoms. The molecule has 0 radical (unpaired) electrons. The summed E-state index contributed by atoms with van der Waals surface area (Å²) in [5.74, 6) is 0. The number of nitrogens with two attached hydrogens (primary N) is 1. The molecule has 0 fully saturated rings. The lowest BCUT2D eigenvalue weighted by Gasteiger charge is -2.21. The molecule has 0 heterocycles. The van der Waals surface area contributed by atoms with Gasteiger partial charge in [0.05, 0.1) is 6.61 Å². The summed E-state index contributed by atoms with van der Waals surface area (Å²) in [5, 5.41) is 9.67. The molecule has 72 valence electrons. The van der Waals surface area contributed by atoms with Crippen molar-refractivity contribution >= 4 is 11.6 Å². The van der Waals surface area contributed by atoms with E-state index in [1.807, 2.05) is 31.2 Å². The third-order valence-electron chi connectivity index (χ3n) is 1.86. The molecule has 1 aromatic rings. The van der Waals surface area contributed by atoms with E-state index in [0.717, 1.165) is 5.56 Å². The number of aliphatic hydroxyl groups is 1. The quantitative estimate of drug-likeness (QED) is 0.777. The van der Waals surface area contributed by atoms with E-state index in [9.17, 15) is 0 Å². The number of rotatable bonds is 3. The van der Waals surface area contributed by atoms with Crippen molar-refractivity contribution in [2.24, 2.45) is 5.73 Å². The molecule has 0 spiro atoms. The average Bonchev–Trinajstić information content (AvgIpc) is 2.03. The van der Waals surface area contributed by atoms with E-state index in [-0.39, 0.29) is 6.61 Å². The molecule has 1 atom stereocenters. The van der Waals surface area contributed by atoms with Gasteiger partial charge >= 0.3 is 0 Å². The molecule has 3 N–H and O–H groups in total. The topological polar surface area (TPSA) is 46.2 Å². The summed E-state index contributed by atoms with van der Waals surface area (Å²) < 4.78 is 0. The highest BCUT2D eigenvalue weighted by atomic mass is 35.5. The molecule has 0 aliphatic rings. The first-order valence-electron chi connectivity index (χ1n) is 4.18. The molecular formula is C10H14ClNO. The SMILES string of the molecule is CC(N)(CO)Cc1cccc(Cl)c1. The second-order valence-corrected chi connectivity index (χ2v) is 4.06. The third kappa shape index (κ3) is 3.35. The Morgan fingerprint density at radius 1 is 1.54 bits per heavy atom. The number of aliphatic hydroxyl groups excluding tert-OH is 1. The minimum Gasteiger partial charge on any atom is -0.394 e. The van der Waals surface area contributed by atoms with Crippen LogP contribution in [0.4, 0.5) is 0 Å². The maximum absolute atomic E-state index is 8.97. The highest BCUT2D eigenvalue weighted by Crippen LogP contribution is 2.15. The minimum atomic E-state index is -0.565. The zero-order chi connectivity index (χ0) is 9.90. The van der Waals surface area contributed by atoms with Crippen LogP contribution in [0.1, 0.15) is 12.5 Å². The predicted molar refractivity (Wildman–Crippen MR) is 54.8 cm³/mol. The molecular weight excluding hydrogens is 186 g/mol. The van der Waals surface area contributed by atoms with Crippen LogP contribution in [0.15, 0.2) is 24.3 Å². The third-order valence-corrected chi connectivity index (χ3v) is 2.09. The van der Waals surface area contributed by atoms with Crippen molar-refractivity contribution in [3.63, 3.8) is 0 Å². The van der Waals surface area contributed by atoms with Gasteiger partial charge < -0.3 is 10.8 Å². The Morgan fingerprint density at radius 3 is 2.77 bits per heavy atom. The summed E-state index contributed by atoms with van der Waals surface area (Å²) >= 11 is 5.81. The molecule has 1 aromatic carbocycles. The molecule has 0 aromatic heterocycles. The number of hydrogen-bond donors (Lipinski definition) is 2. The number of halogens is 1. The standard InChI is InChI=1S/C10H14ClNO/c1-10(12,7-13)6-8-3-2-4-9(11)5-8/h2-5,13H,6-7,12H2,1H3. The Balaban J connectivity index is 2.74. The minimum absolute atomic E-state index is 0.0283. The van der Waals surface area contributed by atoms with E-state index in [4.69, 9.17) is 22.4 Å². The fraction of sp³-hybridized carbons (Fsp3) is 0.400. The fourth-order valence-electron chi connectivity index (χ4n) is 1.17. The Kier molecular flexibility index (Phi) is 3.31. The van der Waals surface area contributed by atoms with Gasteiger partial charge in [0.25, 0.3) is 0 Å². The van der Waals surface area contributed by atoms with Gasteiger partial charge in [0, 0.05) is 10.6 Å². The molecule has 1 rings (SSSR count). The van der Waals surface area contributed by atoms with Crippen LogP contribution in [-0.4, -0.2) is 17.3 Å². The molecule has 0 saturated carbocycles. The molecule has 3 heteroatoms. The first-order chi connectivity index (χ1) is 6.03. The van der Waals surface area contributed by atoms with Crippen molar-refractivity contribution in [1.29, 1.82) is 0 Å². The fourth-order valence-corrected chi connectivity index (χ4v) is 1.38. The molecule has 13 heavy (non-hydrogen) atoms. The second-order valence-electron chi connectivity index (χ2n) is 3.62. The van der Waals surface area contributed by atoms with Gasteiger partial charge in [0.15, 0.2) is 0 Å². The summed E-state index contributed by atoms with van der Waals surface area (Å²) in [7, 11) is 0. The molecule has 2 nitrogen and oxygen atoms in total. The Bertz CT molecular complexity index is 286. The number of benzene rings is 1. The largest absolute Gasteiger partial charge is 0.394 e. The van der Waals surface area contributed by atoms with Crippen LogP contribution in [0.3, 0.4) is 0 Å². The van der Waals surface area contributed by atoms with Crippen molar-refractivity contribution < 1.29 is 5.11 Å². The van der Waals surface area contributed by atoms with Crippen molar-refractivity contribution in [2.45, 2.75) is 18.9 Å². The van der Waals surface area contributed by atoms with Crippen LogP contribution in [0.5, 0.6) is 0 Å². The maximum atomic E-state index is 8.97. The summed E-state index contributed by atoms with van der Waals surface area (Å²) in [6.07, 6.45) is 0.629. The van der Waals surface area contributed by atoms with Crippen molar-refractivity contribution in [1.82, 2.24) is 0 Å². The highest BCUT2D eigenvalue weighted by molar-refractivity contribution is 6.30. The van der Waals surface area contributed by atoms with Gasteiger partial charge in [-0.3, -0.25) is 0 Å². The van der Waals surface area contributed by atoms with Gasteiger partial charge in [-0.15, -0.1) is 0 Å². The van der Waals surface area contributed by atoms with Crippen LogP contribution in [-0.2, 0) is 6.42 Å². The van der Waals surface area contributed by atoms with Gasteiger partial charge in [-0.05, 0) is 31.0 Å². The predicted octanol–water partition coefficient (Wildman–Crippen LogP) is 1.59. The second kappa shape index (κ2) is 4.09. The maximum Gasteiger partial charge on any atom is 0.0611 e. The van der Waals surface area contributed by atoms with E-state index in [0.29, 0.717) is 11.4 Å². The van der Waals surface area contributed by atoms with E-state index in [1.54, 1.807) is 0 Å². The Labute approximate surface area is 83.3 Å². The molecule has 1 unspecified atom stereocenters. The average molecular weight is 200 g/mol. The van der Waals surface area contributed by atoms with Gasteiger partial charge in [-0.2, -0.15) is 0 Å². The molecule has 0 aliphatic carbocycles. The van der Waals surface area contributed by atoms with E-state index in [2.05, 4.69) is 0 Å². The first-order valence-corrected chi connectivity index (χ1v) is 4.55. The van der Waals surface area contributed by atoms with Gasteiger partial charge in [0.1, 0.15) is 0 Å². The first kappa shape index (κ1) is 10.5. The van der Waals surface area contributed by atoms with E-state index < -0.39 is 5.54 Å². The van der Waals surface area contributed by atoms with E-state index in [1.165, 1.54) is 0 Å². The van der Waals surface area contributed by atoms with Crippen LogP contribution >= 0.6 is 11.6 Å². The van der Waals surface area contributed by atoms with Crippen molar-refractivity contribution in [3.05, 3.63) is 34.9 Å². The Morgan fingerprint density at radius 2 is 2.23 bits per heavy atom. The van der Waals surface area contributed by atoms with E-state index >= 15 is 0 Å². The normalized spacial score (nSPS) is 15.4. The van der Waals surface area contributed by atoms with Gasteiger partial charge in [0.2, 0.25) is 0 Å². The molecule has 0 saturated heterocycles. The van der Waals surface area contributed by atoms with Gasteiger partial charge in [-0.25, -0.2) is 0 Å². The molecule has 0 amide bonds. The summed E-state index contributed by atoms with van der Waals surface area (Å²) in [4.78, 5) is 0. The lowest BCUT2D eigenvalue weighted by molar-refractivity contribution is 0.208. The number of hydrogen-bond acceptors (Lipinski definition) is 2. The zero-order valence-electron chi connectivity index (χ0n) is 7.63. The van der Waals surface area contributed by atoms with Gasteiger partial charge in [-0.1, -0.05) is 23.7 Å². The highest BCUT2D eigenvalue weighted by Gasteiger charge is 2.17. The van der Waals surface area contributed by atoms with Crippen molar-refractivity contribution in [2.75, 3.05) is 6.61 Å². The van der Waals surface area contributed by atoms with Crippen LogP contribution < -0.4 is 5.73 Å². The summed E-state index contributed by atoms with van der Waals surface area (Å²) in [5.41, 5.74) is 6.29. The summed E-state index contributed by atoms with van der Waals surface area (Å²) in [6, 6.07) is 7.51. The summed E-state index contributed by atoms with van der Waals surface area (Å²) in [6.45, 7) is 1.79. The van der Waals surface area contributed by atoms with Crippen LogP contribution in [0.25, 0.3) is 0 Å². The molecule has 0 aliphatic heterocycles. The smallest absolute Gasteiger partial charge is 0.0611 e. The zero-order valence-corrected chi connectivity index (χ0v) is 8.38. The lowest BCUT2D eigenvalue weighted by Crippen LogP contribution is -2.42. The Hall–Kier alpha value is -0.570. The van der Waals surface area contributed by atoms with Crippen LogP contribution in [0, 0.1) is 0 Å². The van der Waals surface area contributed by atoms with Crippen molar-refractivity contribution in [3.8, 4) is 0 Å². The lowest BCUT2D eigenvalue weighted by atomic mass is 9.95.